The zero-order chi connectivity index (χ0) is 18.8. The van der Waals surface area contributed by atoms with Gasteiger partial charge in [0.15, 0.2) is 5.82 Å². The Bertz CT molecular complexity index is 840. The highest BCUT2D eigenvalue weighted by molar-refractivity contribution is 6.06. The number of hydrogen-bond acceptors (Lipinski definition) is 5. The van der Waals surface area contributed by atoms with Gasteiger partial charge in [0.1, 0.15) is 11.5 Å². The Kier molecular flexibility index (Phi) is 5.03. The summed E-state index contributed by atoms with van der Waals surface area (Å²) in [6, 6.07) is 5.33. The maximum Gasteiger partial charge on any atom is 0.260 e. The van der Waals surface area contributed by atoms with Crippen molar-refractivity contribution in [2.24, 2.45) is 7.05 Å². The number of anilines is 1. The molecule has 7 heteroatoms. The molecule has 1 aromatic heterocycles. The Morgan fingerprint density at radius 1 is 1.33 bits per heavy atom. The zero-order valence-corrected chi connectivity index (χ0v) is 15.9. The second-order valence-corrected chi connectivity index (χ2v) is 7.16. The summed E-state index contributed by atoms with van der Waals surface area (Å²) < 4.78 is 13.3. The van der Waals surface area contributed by atoms with Crippen molar-refractivity contribution in [3.05, 3.63) is 35.0 Å². The molecule has 7 nitrogen and oxygen atoms in total. The summed E-state index contributed by atoms with van der Waals surface area (Å²) in [5.41, 5.74) is 2.73. The van der Waals surface area contributed by atoms with E-state index in [4.69, 9.17) is 9.47 Å². The summed E-state index contributed by atoms with van der Waals surface area (Å²) in [4.78, 5) is 13.0. The maximum atomic E-state index is 13.0. The van der Waals surface area contributed by atoms with Crippen LogP contribution in [0.1, 0.15) is 47.3 Å². The van der Waals surface area contributed by atoms with Crippen LogP contribution in [0, 0.1) is 0 Å². The number of carbonyl (C=O) groups excluding carboxylic acids is 1. The summed E-state index contributed by atoms with van der Waals surface area (Å²) >= 11 is 0. The van der Waals surface area contributed by atoms with Gasteiger partial charge in [0.05, 0.1) is 18.8 Å². The predicted molar refractivity (Wildman–Crippen MR) is 102 cm³/mol. The van der Waals surface area contributed by atoms with Gasteiger partial charge in [-0.15, -0.1) is 0 Å². The van der Waals surface area contributed by atoms with Gasteiger partial charge in [-0.2, -0.15) is 5.10 Å². The number of aryl methyl sites for hydroxylation is 1. The molecule has 1 amide bonds. The molecule has 2 N–H and O–H groups in total. The Hall–Kier alpha value is -2.54. The van der Waals surface area contributed by atoms with Crippen molar-refractivity contribution in [2.75, 3.05) is 19.0 Å². The molecule has 1 fully saturated rings. The SMILES string of the molecule is COc1ccc(C(=O)Nc2nn(C)c3c2CNCC3)c(OC2CCCC2)c1. The summed E-state index contributed by atoms with van der Waals surface area (Å²) in [7, 11) is 3.53. The largest absolute Gasteiger partial charge is 0.497 e. The minimum absolute atomic E-state index is 0.162. The third-order valence-electron chi connectivity index (χ3n) is 5.38. The number of amides is 1. The summed E-state index contributed by atoms with van der Waals surface area (Å²) in [5.74, 6) is 1.66. The molecule has 0 unspecified atom stereocenters. The summed E-state index contributed by atoms with van der Waals surface area (Å²) in [6.45, 7) is 1.64. The topological polar surface area (TPSA) is 77.4 Å². The fourth-order valence-electron chi connectivity index (χ4n) is 3.90. The minimum atomic E-state index is -0.211. The molecule has 1 aromatic carbocycles. The molecule has 2 aromatic rings. The lowest BCUT2D eigenvalue weighted by Crippen LogP contribution is -2.25. The average Bonchev–Trinajstić information content (AvgIpc) is 3.30. The first-order chi connectivity index (χ1) is 13.2. The molecule has 144 valence electrons. The zero-order valence-electron chi connectivity index (χ0n) is 15.9. The number of hydrogen-bond donors (Lipinski definition) is 2. The van der Waals surface area contributed by atoms with Crippen LogP contribution in [0.15, 0.2) is 18.2 Å². The molecule has 2 heterocycles. The Labute approximate surface area is 159 Å². The third kappa shape index (κ3) is 3.64. The number of carbonyl (C=O) groups is 1. The molecule has 2 aliphatic rings. The van der Waals surface area contributed by atoms with Crippen LogP contribution in [-0.4, -0.2) is 35.4 Å². The Morgan fingerprint density at radius 2 is 2.15 bits per heavy atom. The molecule has 0 bridgehead atoms. The molecule has 0 spiro atoms. The molecule has 27 heavy (non-hydrogen) atoms. The first kappa shape index (κ1) is 17.9. The molecule has 1 saturated carbocycles. The van der Waals surface area contributed by atoms with Crippen molar-refractivity contribution in [1.29, 1.82) is 0 Å². The van der Waals surface area contributed by atoms with Crippen LogP contribution in [0.3, 0.4) is 0 Å². The second-order valence-electron chi connectivity index (χ2n) is 7.16. The highest BCUT2D eigenvalue weighted by Crippen LogP contribution is 2.31. The van der Waals surface area contributed by atoms with Crippen molar-refractivity contribution in [2.45, 2.75) is 44.8 Å². The number of benzene rings is 1. The lowest BCUT2D eigenvalue weighted by molar-refractivity contribution is 0.101. The Morgan fingerprint density at radius 3 is 2.93 bits per heavy atom. The summed E-state index contributed by atoms with van der Waals surface area (Å²) in [6.07, 6.45) is 5.46. The van der Waals surface area contributed by atoms with Gasteiger partial charge in [-0.3, -0.25) is 9.48 Å². The molecule has 0 atom stereocenters. The molecular formula is C20H26N4O3. The molecule has 0 radical (unpaired) electrons. The van der Waals surface area contributed by atoms with Gasteiger partial charge >= 0.3 is 0 Å². The van der Waals surface area contributed by atoms with E-state index < -0.39 is 0 Å². The molecule has 4 rings (SSSR count). The van der Waals surface area contributed by atoms with Crippen LogP contribution in [0.2, 0.25) is 0 Å². The van der Waals surface area contributed by atoms with Gasteiger partial charge in [-0.05, 0) is 37.8 Å². The van der Waals surface area contributed by atoms with Crippen LogP contribution in [0.4, 0.5) is 5.82 Å². The standard InChI is InChI=1S/C20H26N4O3/c1-24-17-9-10-21-12-16(17)19(23-24)22-20(25)15-8-7-14(26-2)11-18(15)27-13-5-3-4-6-13/h7-8,11,13,21H,3-6,9-10,12H2,1-2H3,(H,22,23,25). The predicted octanol–water partition coefficient (Wildman–Crippen LogP) is 2.65. The van der Waals surface area contributed by atoms with E-state index in [1.54, 1.807) is 25.3 Å². The van der Waals surface area contributed by atoms with E-state index in [2.05, 4.69) is 15.7 Å². The van der Waals surface area contributed by atoms with E-state index in [0.29, 0.717) is 29.4 Å². The van der Waals surface area contributed by atoms with E-state index in [1.165, 1.54) is 18.5 Å². The number of methoxy groups -OCH3 is 1. The van der Waals surface area contributed by atoms with Crippen LogP contribution in [-0.2, 0) is 20.0 Å². The number of ether oxygens (including phenoxy) is 2. The fourth-order valence-corrected chi connectivity index (χ4v) is 3.90. The number of fused-ring (bicyclic) bond motifs is 1. The summed E-state index contributed by atoms with van der Waals surface area (Å²) in [5, 5.41) is 10.8. The number of nitrogens with zero attached hydrogens (tertiary/aromatic N) is 2. The lowest BCUT2D eigenvalue weighted by atomic mass is 10.1. The molecule has 1 aliphatic heterocycles. The van der Waals surface area contributed by atoms with Crippen LogP contribution < -0.4 is 20.1 Å². The normalized spacial score (nSPS) is 16.8. The molecular weight excluding hydrogens is 344 g/mol. The Balaban J connectivity index is 1.59. The van der Waals surface area contributed by atoms with E-state index in [9.17, 15) is 4.79 Å². The van der Waals surface area contributed by atoms with Gasteiger partial charge in [0.25, 0.3) is 5.91 Å². The van der Waals surface area contributed by atoms with Crippen LogP contribution in [0.25, 0.3) is 0 Å². The highest BCUT2D eigenvalue weighted by atomic mass is 16.5. The molecule has 1 aliphatic carbocycles. The fraction of sp³-hybridized carbons (Fsp3) is 0.500. The van der Waals surface area contributed by atoms with Gasteiger partial charge in [0.2, 0.25) is 0 Å². The van der Waals surface area contributed by atoms with E-state index in [0.717, 1.165) is 31.4 Å². The van der Waals surface area contributed by atoms with Crippen molar-refractivity contribution in [3.8, 4) is 11.5 Å². The first-order valence-electron chi connectivity index (χ1n) is 9.57. The van der Waals surface area contributed by atoms with E-state index >= 15 is 0 Å². The minimum Gasteiger partial charge on any atom is -0.497 e. The lowest BCUT2D eigenvalue weighted by Gasteiger charge is -2.17. The maximum absolute atomic E-state index is 13.0. The van der Waals surface area contributed by atoms with Gasteiger partial charge < -0.3 is 20.1 Å². The van der Waals surface area contributed by atoms with E-state index in [-0.39, 0.29) is 12.0 Å². The monoisotopic (exact) mass is 370 g/mol. The van der Waals surface area contributed by atoms with Crippen LogP contribution in [0.5, 0.6) is 11.5 Å². The highest BCUT2D eigenvalue weighted by Gasteiger charge is 2.24. The average molecular weight is 370 g/mol. The van der Waals surface area contributed by atoms with Crippen molar-refractivity contribution < 1.29 is 14.3 Å². The molecule has 0 saturated heterocycles. The van der Waals surface area contributed by atoms with Gasteiger partial charge in [-0.25, -0.2) is 0 Å². The third-order valence-corrected chi connectivity index (χ3v) is 5.38. The van der Waals surface area contributed by atoms with Crippen molar-refractivity contribution >= 4 is 11.7 Å². The number of rotatable bonds is 5. The van der Waals surface area contributed by atoms with Gasteiger partial charge in [0, 0.05) is 43.9 Å². The second kappa shape index (κ2) is 7.60. The van der Waals surface area contributed by atoms with Crippen molar-refractivity contribution in [1.82, 2.24) is 15.1 Å². The van der Waals surface area contributed by atoms with Crippen LogP contribution >= 0.6 is 0 Å². The number of nitrogens with one attached hydrogen (secondary N) is 2. The van der Waals surface area contributed by atoms with Gasteiger partial charge in [-0.1, -0.05) is 0 Å². The first-order valence-corrected chi connectivity index (χ1v) is 9.57. The number of aromatic nitrogens is 2. The van der Waals surface area contributed by atoms with Crippen molar-refractivity contribution in [3.63, 3.8) is 0 Å². The van der Waals surface area contributed by atoms with E-state index in [1.807, 2.05) is 11.7 Å². The quantitative estimate of drug-likeness (QED) is 0.846. The smallest absolute Gasteiger partial charge is 0.260 e.